The fourth-order valence-electron chi connectivity index (χ4n) is 0.277. The summed E-state index contributed by atoms with van der Waals surface area (Å²) in [5.41, 5.74) is 0. The van der Waals surface area contributed by atoms with Crippen molar-refractivity contribution in [3.05, 3.63) is 37.5 Å². The summed E-state index contributed by atoms with van der Waals surface area (Å²) in [5.74, 6) is 0. The second-order valence-corrected chi connectivity index (χ2v) is 0.947. The van der Waals surface area contributed by atoms with Gasteiger partial charge in [-0.05, 0) is 0 Å². The van der Waals surface area contributed by atoms with Crippen molar-refractivity contribution < 1.29 is 32.7 Å². The molecule has 0 amide bonds. The first-order chi connectivity index (χ1) is 5.00. The largest absolute Gasteiger partial charge is 0.391 e. The van der Waals surface area contributed by atoms with E-state index in [-0.39, 0.29) is 32.7 Å². The molecule has 1 heterocycles. The van der Waals surface area contributed by atoms with Crippen LogP contribution >= 0.6 is 0 Å². The van der Waals surface area contributed by atoms with Crippen LogP contribution in [0.4, 0.5) is 0 Å². The molecule has 0 N–H and O–H groups in total. The molecule has 0 spiro atoms. The molecule has 1 radical (unpaired) electrons. The molecule has 0 saturated heterocycles. The van der Waals surface area contributed by atoms with E-state index in [1.807, 2.05) is 13.8 Å². The molecule has 0 atom stereocenters. The maximum atomic E-state index is 3.75. The van der Waals surface area contributed by atoms with Crippen molar-refractivity contribution in [1.29, 1.82) is 0 Å². The Hall–Kier alpha value is 0.254. The van der Waals surface area contributed by atoms with Crippen LogP contribution in [0, 0.1) is 13.0 Å². The SMILES string of the molecule is CC.[CH2-]C.[Y].[c-]1ccncc1. The van der Waals surface area contributed by atoms with Crippen LogP contribution in [0.5, 0.6) is 0 Å². The van der Waals surface area contributed by atoms with Crippen molar-refractivity contribution in [2.75, 3.05) is 0 Å². The van der Waals surface area contributed by atoms with E-state index in [0.29, 0.717) is 0 Å². The van der Waals surface area contributed by atoms with Crippen LogP contribution in [-0.2, 0) is 32.7 Å². The van der Waals surface area contributed by atoms with Crippen LogP contribution in [0.1, 0.15) is 20.8 Å². The van der Waals surface area contributed by atoms with Gasteiger partial charge in [-0.15, -0.1) is 0 Å². The number of aromatic nitrogens is 1. The molecule has 2 heteroatoms. The molecule has 61 valence electrons. The monoisotopic (exact) mass is 226 g/mol. The van der Waals surface area contributed by atoms with Gasteiger partial charge in [-0.1, -0.05) is 26.2 Å². The Morgan fingerprint density at radius 2 is 1.45 bits per heavy atom. The molecular formula is C9H15NY-2. The number of hydrogen-bond donors (Lipinski definition) is 0. The maximum Gasteiger partial charge on any atom is 0 e. The summed E-state index contributed by atoms with van der Waals surface area (Å²) in [4.78, 5) is 3.75. The van der Waals surface area contributed by atoms with Gasteiger partial charge in [-0.3, -0.25) is 0 Å². The Kier molecular flexibility index (Phi) is 35.4. The topological polar surface area (TPSA) is 12.9 Å². The van der Waals surface area contributed by atoms with Crippen LogP contribution in [0.3, 0.4) is 0 Å². The van der Waals surface area contributed by atoms with Crippen LogP contribution in [0.15, 0.2) is 24.5 Å². The predicted octanol–water partition coefficient (Wildman–Crippen LogP) is 2.75. The molecule has 0 bridgehead atoms. The fourth-order valence-corrected chi connectivity index (χ4v) is 0.277. The van der Waals surface area contributed by atoms with E-state index in [9.17, 15) is 0 Å². The minimum Gasteiger partial charge on any atom is -0.391 e. The molecule has 0 aromatic carbocycles. The number of hydrogen-bond acceptors (Lipinski definition) is 1. The molecule has 0 aliphatic carbocycles. The zero-order valence-electron chi connectivity index (χ0n) is 7.54. The van der Waals surface area contributed by atoms with Gasteiger partial charge in [0.1, 0.15) is 0 Å². The molecule has 1 aromatic rings. The van der Waals surface area contributed by atoms with Crippen LogP contribution < -0.4 is 0 Å². The molecule has 1 rings (SSSR count). The Morgan fingerprint density at radius 1 is 1.09 bits per heavy atom. The van der Waals surface area contributed by atoms with Crippen molar-refractivity contribution >= 4 is 0 Å². The van der Waals surface area contributed by atoms with Gasteiger partial charge in [0.05, 0.1) is 0 Å². The Morgan fingerprint density at radius 3 is 1.55 bits per heavy atom. The molecule has 0 aliphatic rings. The van der Waals surface area contributed by atoms with E-state index in [1.165, 1.54) is 0 Å². The fraction of sp³-hybridized carbons (Fsp3) is 0.333. The Bertz CT molecular complexity index is 81.5. The molecule has 0 fully saturated rings. The third-order valence-corrected chi connectivity index (χ3v) is 0.514. The van der Waals surface area contributed by atoms with E-state index in [2.05, 4.69) is 18.0 Å². The zero-order valence-corrected chi connectivity index (χ0v) is 10.4. The maximum absolute atomic E-state index is 3.75. The Balaban J connectivity index is -0.000000114. The molecule has 11 heavy (non-hydrogen) atoms. The van der Waals surface area contributed by atoms with Gasteiger partial charge in [0.15, 0.2) is 0 Å². The second-order valence-electron chi connectivity index (χ2n) is 0.947. The van der Waals surface area contributed by atoms with Gasteiger partial charge in [0.2, 0.25) is 0 Å². The second kappa shape index (κ2) is 22.5. The van der Waals surface area contributed by atoms with E-state index < -0.39 is 0 Å². The summed E-state index contributed by atoms with van der Waals surface area (Å²) in [5, 5.41) is 0. The van der Waals surface area contributed by atoms with E-state index in [0.717, 1.165) is 0 Å². The normalized spacial score (nSPS) is 5.45. The molecule has 1 aromatic heterocycles. The molecular weight excluding hydrogens is 211 g/mol. The predicted molar refractivity (Wildman–Crippen MR) is 45.5 cm³/mol. The molecule has 1 nitrogen and oxygen atoms in total. The van der Waals surface area contributed by atoms with E-state index in [4.69, 9.17) is 0 Å². The van der Waals surface area contributed by atoms with Crippen molar-refractivity contribution in [2.45, 2.75) is 20.8 Å². The van der Waals surface area contributed by atoms with Gasteiger partial charge in [-0.2, -0.15) is 25.1 Å². The summed E-state index contributed by atoms with van der Waals surface area (Å²) in [6.45, 7) is 9.00. The minimum absolute atomic E-state index is 0. The standard InChI is InChI=1S/C5H4N.C2H6.C2H5.Y/c1-2-4-6-5-3-1;2*1-2;/h2-5H;1-2H3;1H2,2H3;/q-1;;-1;. The van der Waals surface area contributed by atoms with E-state index >= 15 is 0 Å². The minimum atomic E-state index is 0. The summed E-state index contributed by atoms with van der Waals surface area (Å²) in [7, 11) is 0. The molecule has 0 saturated carbocycles. The van der Waals surface area contributed by atoms with Crippen molar-refractivity contribution in [3.8, 4) is 0 Å². The average molecular weight is 226 g/mol. The quantitative estimate of drug-likeness (QED) is 0.620. The summed E-state index contributed by atoms with van der Waals surface area (Å²) in [6.07, 6.45) is 3.39. The third kappa shape index (κ3) is 17.9. The number of rotatable bonds is 0. The number of nitrogens with zero attached hydrogens (tertiary/aromatic N) is 1. The first-order valence-electron chi connectivity index (χ1n) is 3.47. The summed E-state index contributed by atoms with van der Waals surface area (Å²) >= 11 is 0. The van der Waals surface area contributed by atoms with Gasteiger partial charge in [0, 0.05) is 32.7 Å². The van der Waals surface area contributed by atoms with Gasteiger partial charge < -0.3 is 11.9 Å². The van der Waals surface area contributed by atoms with Crippen molar-refractivity contribution in [3.63, 3.8) is 0 Å². The van der Waals surface area contributed by atoms with Gasteiger partial charge >= 0.3 is 0 Å². The Labute approximate surface area is 95.5 Å². The molecule has 0 unspecified atom stereocenters. The van der Waals surface area contributed by atoms with Crippen molar-refractivity contribution in [2.24, 2.45) is 0 Å². The summed E-state index contributed by atoms with van der Waals surface area (Å²) < 4.78 is 0. The van der Waals surface area contributed by atoms with Gasteiger partial charge in [-0.25, -0.2) is 0 Å². The van der Waals surface area contributed by atoms with Crippen LogP contribution in [0.25, 0.3) is 0 Å². The van der Waals surface area contributed by atoms with Crippen molar-refractivity contribution in [1.82, 2.24) is 4.98 Å². The zero-order chi connectivity index (χ0) is 8.24. The summed E-state index contributed by atoms with van der Waals surface area (Å²) in [6, 6.07) is 6.36. The number of pyridine rings is 1. The van der Waals surface area contributed by atoms with Gasteiger partial charge in [0.25, 0.3) is 0 Å². The average Bonchev–Trinajstić information content (AvgIpc) is 2.14. The first-order valence-corrected chi connectivity index (χ1v) is 3.47. The van der Waals surface area contributed by atoms with E-state index in [1.54, 1.807) is 31.5 Å². The first kappa shape index (κ1) is 17.4. The third-order valence-electron chi connectivity index (χ3n) is 0.514. The van der Waals surface area contributed by atoms with Crippen LogP contribution in [-0.4, -0.2) is 4.98 Å². The molecule has 0 aliphatic heterocycles. The van der Waals surface area contributed by atoms with Crippen LogP contribution in [0.2, 0.25) is 0 Å². The smallest absolute Gasteiger partial charge is 0 e.